The van der Waals surface area contributed by atoms with Gasteiger partial charge in [-0.2, -0.15) is 0 Å². The number of hydrogen-bond acceptors (Lipinski definition) is 2. The van der Waals surface area contributed by atoms with E-state index < -0.39 is 11.4 Å². The van der Waals surface area contributed by atoms with Crippen LogP contribution < -0.4 is 0 Å². The Kier molecular flexibility index (Phi) is 4.72. The number of methoxy groups -OCH3 is 1. The highest BCUT2D eigenvalue weighted by Crippen LogP contribution is 2.41. The Balaban J connectivity index is 2.10. The topological polar surface area (TPSA) is 46.5 Å². The van der Waals surface area contributed by atoms with Crippen molar-refractivity contribution in [2.45, 2.75) is 63.4 Å². The minimum absolute atomic E-state index is 0.119. The van der Waals surface area contributed by atoms with E-state index in [0.717, 1.165) is 44.1 Å². The fourth-order valence-electron chi connectivity index (χ4n) is 3.14. The molecule has 1 aromatic carbocycles. The first-order chi connectivity index (χ1) is 9.89. The van der Waals surface area contributed by atoms with Gasteiger partial charge < -0.3 is 9.84 Å². The summed E-state index contributed by atoms with van der Waals surface area (Å²) in [5.41, 5.74) is 1.43. The van der Waals surface area contributed by atoms with E-state index in [1.54, 1.807) is 7.11 Å². The monoisotopic (exact) mass is 290 g/mol. The molecule has 0 aromatic heterocycles. The molecule has 0 saturated heterocycles. The first-order valence-electron chi connectivity index (χ1n) is 7.78. The average molecular weight is 290 g/mol. The number of hydrogen-bond donors (Lipinski definition) is 1. The van der Waals surface area contributed by atoms with Crippen LogP contribution in [0, 0.1) is 0 Å². The summed E-state index contributed by atoms with van der Waals surface area (Å²) in [4.78, 5) is 11.7. The second-order valence-corrected chi connectivity index (χ2v) is 6.76. The minimum atomic E-state index is -0.673. The van der Waals surface area contributed by atoms with E-state index in [4.69, 9.17) is 4.74 Å². The van der Waals surface area contributed by atoms with E-state index in [1.165, 1.54) is 5.56 Å². The Morgan fingerprint density at radius 1 is 1.24 bits per heavy atom. The average Bonchev–Trinajstić information content (AvgIpc) is 2.97. The van der Waals surface area contributed by atoms with Crippen LogP contribution in [0.5, 0.6) is 0 Å². The summed E-state index contributed by atoms with van der Waals surface area (Å²) < 4.78 is 5.43. The van der Waals surface area contributed by atoms with E-state index in [1.807, 2.05) is 12.1 Å². The van der Waals surface area contributed by atoms with Crippen LogP contribution >= 0.6 is 0 Å². The van der Waals surface area contributed by atoms with E-state index >= 15 is 0 Å². The number of aliphatic carboxylic acids is 1. The van der Waals surface area contributed by atoms with E-state index in [2.05, 4.69) is 26.0 Å². The highest BCUT2D eigenvalue weighted by Gasteiger charge is 2.42. The van der Waals surface area contributed by atoms with Gasteiger partial charge in [-0.05, 0) is 50.7 Å². The SMILES string of the molecule is COC(C)(C)CCc1ccc(C2(C(=O)O)CCCC2)cc1. The molecule has 0 bridgehead atoms. The van der Waals surface area contributed by atoms with Gasteiger partial charge in [0, 0.05) is 7.11 Å². The van der Waals surface area contributed by atoms with Crippen LogP contribution in [0.1, 0.15) is 57.1 Å². The van der Waals surface area contributed by atoms with Crippen molar-refractivity contribution in [1.29, 1.82) is 0 Å². The Bertz CT molecular complexity index is 482. The lowest BCUT2D eigenvalue weighted by Crippen LogP contribution is -2.32. The maximum absolute atomic E-state index is 11.7. The summed E-state index contributed by atoms with van der Waals surface area (Å²) in [6.45, 7) is 4.17. The second-order valence-electron chi connectivity index (χ2n) is 6.76. The van der Waals surface area contributed by atoms with Gasteiger partial charge in [0.05, 0.1) is 11.0 Å². The molecule has 1 aliphatic carbocycles. The summed E-state index contributed by atoms with van der Waals surface area (Å²) in [7, 11) is 1.74. The Morgan fingerprint density at radius 3 is 2.29 bits per heavy atom. The third-order valence-electron chi connectivity index (χ3n) is 4.94. The summed E-state index contributed by atoms with van der Waals surface area (Å²) in [5.74, 6) is -0.673. The summed E-state index contributed by atoms with van der Waals surface area (Å²) >= 11 is 0. The molecule has 0 spiro atoms. The van der Waals surface area contributed by atoms with Gasteiger partial charge in [-0.3, -0.25) is 4.79 Å². The van der Waals surface area contributed by atoms with Crippen molar-refractivity contribution >= 4 is 5.97 Å². The van der Waals surface area contributed by atoms with Crippen LogP contribution in [-0.4, -0.2) is 23.8 Å². The standard InChI is InChI=1S/C18H26O3/c1-17(2,21-3)13-10-14-6-8-15(9-7-14)18(16(19)20)11-4-5-12-18/h6-9H,4-5,10-13H2,1-3H3,(H,19,20). The predicted octanol–water partition coefficient (Wildman–Crippen LogP) is 3.94. The molecule has 0 aliphatic heterocycles. The summed E-state index contributed by atoms with van der Waals surface area (Å²) in [6.07, 6.45) is 5.44. The number of carboxylic acid groups (broad SMARTS) is 1. The molecule has 0 atom stereocenters. The molecule has 116 valence electrons. The van der Waals surface area contributed by atoms with Gasteiger partial charge in [0.15, 0.2) is 0 Å². The molecule has 1 aliphatic rings. The van der Waals surface area contributed by atoms with E-state index in [-0.39, 0.29) is 5.60 Å². The highest BCUT2D eigenvalue weighted by atomic mass is 16.5. The van der Waals surface area contributed by atoms with Gasteiger partial charge >= 0.3 is 5.97 Å². The Hall–Kier alpha value is -1.35. The zero-order chi connectivity index (χ0) is 15.5. The van der Waals surface area contributed by atoms with Gasteiger partial charge in [0.1, 0.15) is 0 Å². The zero-order valence-electron chi connectivity index (χ0n) is 13.3. The number of rotatable bonds is 6. The smallest absolute Gasteiger partial charge is 0.314 e. The van der Waals surface area contributed by atoms with E-state index in [9.17, 15) is 9.90 Å². The van der Waals surface area contributed by atoms with Gasteiger partial charge in [0.2, 0.25) is 0 Å². The summed E-state index contributed by atoms with van der Waals surface area (Å²) in [5, 5.41) is 9.61. The molecule has 0 radical (unpaired) electrons. The lowest BCUT2D eigenvalue weighted by molar-refractivity contribution is -0.143. The normalized spacial score (nSPS) is 17.9. The predicted molar refractivity (Wildman–Crippen MR) is 83.6 cm³/mol. The van der Waals surface area contributed by atoms with Crippen molar-refractivity contribution in [3.8, 4) is 0 Å². The molecule has 1 aromatic rings. The fraction of sp³-hybridized carbons (Fsp3) is 0.611. The number of carboxylic acids is 1. The molecule has 21 heavy (non-hydrogen) atoms. The van der Waals surface area contributed by atoms with Crippen molar-refractivity contribution < 1.29 is 14.6 Å². The molecule has 1 fully saturated rings. The number of benzene rings is 1. The number of carbonyl (C=O) groups is 1. The molecular weight excluding hydrogens is 264 g/mol. The molecule has 1 saturated carbocycles. The van der Waals surface area contributed by atoms with Crippen LogP contribution in [-0.2, 0) is 21.4 Å². The number of aryl methyl sites for hydroxylation is 1. The van der Waals surface area contributed by atoms with Crippen LogP contribution in [0.4, 0.5) is 0 Å². The molecule has 0 amide bonds. The van der Waals surface area contributed by atoms with Crippen molar-refractivity contribution in [3.63, 3.8) is 0 Å². The van der Waals surface area contributed by atoms with Crippen molar-refractivity contribution in [3.05, 3.63) is 35.4 Å². The first-order valence-corrected chi connectivity index (χ1v) is 7.78. The fourth-order valence-corrected chi connectivity index (χ4v) is 3.14. The molecule has 3 heteroatoms. The second kappa shape index (κ2) is 6.18. The molecule has 0 unspecified atom stereocenters. The maximum Gasteiger partial charge on any atom is 0.314 e. The Morgan fingerprint density at radius 2 is 1.81 bits per heavy atom. The van der Waals surface area contributed by atoms with Crippen molar-refractivity contribution in [2.24, 2.45) is 0 Å². The van der Waals surface area contributed by atoms with Gasteiger partial charge in [-0.25, -0.2) is 0 Å². The van der Waals surface area contributed by atoms with E-state index in [0.29, 0.717) is 0 Å². The summed E-state index contributed by atoms with van der Waals surface area (Å²) in [6, 6.07) is 8.16. The third-order valence-corrected chi connectivity index (χ3v) is 4.94. The highest BCUT2D eigenvalue weighted by molar-refractivity contribution is 5.81. The molecule has 3 nitrogen and oxygen atoms in total. The zero-order valence-corrected chi connectivity index (χ0v) is 13.3. The van der Waals surface area contributed by atoms with Crippen molar-refractivity contribution in [2.75, 3.05) is 7.11 Å². The van der Waals surface area contributed by atoms with Crippen LogP contribution in [0.25, 0.3) is 0 Å². The first kappa shape index (κ1) is 16.0. The van der Waals surface area contributed by atoms with Gasteiger partial charge in [-0.15, -0.1) is 0 Å². The molecular formula is C18H26O3. The minimum Gasteiger partial charge on any atom is -0.481 e. The lowest BCUT2D eigenvalue weighted by atomic mass is 9.78. The van der Waals surface area contributed by atoms with Gasteiger partial charge in [0.25, 0.3) is 0 Å². The quantitative estimate of drug-likeness (QED) is 0.863. The molecule has 0 heterocycles. The molecule has 2 rings (SSSR count). The Labute approximate surface area is 127 Å². The molecule has 1 N–H and O–H groups in total. The number of ether oxygens (including phenoxy) is 1. The van der Waals surface area contributed by atoms with Crippen LogP contribution in [0.15, 0.2) is 24.3 Å². The van der Waals surface area contributed by atoms with Crippen LogP contribution in [0.2, 0.25) is 0 Å². The lowest BCUT2D eigenvalue weighted by Gasteiger charge is -2.25. The maximum atomic E-state index is 11.7. The third kappa shape index (κ3) is 3.46. The largest absolute Gasteiger partial charge is 0.481 e. The van der Waals surface area contributed by atoms with Crippen molar-refractivity contribution in [1.82, 2.24) is 0 Å². The van der Waals surface area contributed by atoms with Gasteiger partial charge in [-0.1, -0.05) is 37.1 Å². The van der Waals surface area contributed by atoms with Crippen LogP contribution in [0.3, 0.4) is 0 Å².